The lowest BCUT2D eigenvalue weighted by Crippen LogP contribution is -2.25. The molecular formula is C13H21N3O2S. The molecule has 0 bridgehead atoms. The Hall–Kier alpha value is -1.43. The van der Waals surface area contributed by atoms with Crippen LogP contribution in [0.25, 0.3) is 0 Å². The average Bonchev–Trinajstić information content (AvgIpc) is 3.13. The molecule has 0 aliphatic heterocycles. The van der Waals surface area contributed by atoms with Gasteiger partial charge in [0, 0.05) is 12.1 Å². The molecular weight excluding hydrogens is 262 g/mol. The lowest BCUT2D eigenvalue weighted by molar-refractivity contribution is 0.0956. The first kappa shape index (κ1) is 14.0. The van der Waals surface area contributed by atoms with E-state index in [0.29, 0.717) is 28.4 Å². The van der Waals surface area contributed by atoms with E-state index in [1.165, 1.54) is 11.3 Å². The molecule has 5 nitrogen and oxygen atoms in total. The number of carbonyl (C=O) groups excluding carboxylic acids is 1. The van der Waals surface area contributed by atoms with Crippen LogP contribution in [0.2, 0.25) is 0 Å². The summed E-state index contributed by atoms with van der Waals surface area (Å²) in [5.41, 5.74) is 6.44. The molecule has 0 spiro atoms. The Kier molecular flexibility index (Phi) is 4.19. The standard InChI is InChI=1S/C13H21N3O2S/c1-4-7(2)15-13-10(18-3)9(14)11(19-13)12(17)16-8-5-6-8/h7-8,15H,4-6,14H2,1-3H3,(H,16,17). The minimum Gasteiger partial charge on any atom is -0.492 e. The van der Waals surface area contributed by atoms with Crippen molar-refractivity contribution in [2.75, 3.05) is 18.2 Å². The number of nitrogen functional groups attached to an aromatic ring is 1. The van der Waals surface area contributed by atoms with Gasteiger partial charge in [0.2, 0.25) is 0 Å². The predicted octanol–water partition coefficient (Wildman–Crippen LogP) is 2.44. The quantitative estimate of drug-likeness (QED) is 0.749. The van der Waals surface area contributed by atoms with Gasteiger partial charge in [-0.2, -0.15) is 0 Å². The van der Waals surface area contributed by atoms with E-state index in [4.69, 9.17) is 10.5 Å². The molecule has 6 heteroatoms. The number of hydrogen-bond donors (Lipinski definition) is 3. The maximum Gasteiger partial charge on any atom is 0.263 e. The molecule has 0 aromatic carbocycles. The van der Waals surface area contributed by atoms with Crippen molar-refractivity contribution in [1.82, 2.24) is 5.32 Å². The Morgan fingerprint density at radius 3 is 2.79 bits per heavy atom. The molecule has 1 aliphatic rings. The highest BCUT2D eigenvalue weighted by Gasteiger charge is 2.28. The Bertz CT molecular complexity index is 469. The van der Waals surface area contributed by atoms with Crippen LogP contribution < -0.4 is 21.1 Å². The number of ether oxygens (including phenoxy) is 1. The molecule has 1 atom stereocenters. The second kappa shape index (κ2) is 5.69. The minimum absolute atomic E-state index is 0.0968. The monoisotopic (exact) mass is 283 g/mol. The van der Waals surface area contributed by atoms with Gasteiger partial charge in [0.15, 0.2) is 5.75 Å². The fraction of sp³-hybridized carbons (Fsp3) is 0.615. The fourth-order valence-corrected chi connectivity index (χ4v) is 2.80. The van der Waals surface area contributed by atoms with Gasteiger partial charge in [0.05, 0.1) is 7.11 Å². The largest absolute Gasteiger partial charge is 0.492 e. The van der Waals surface area contributed by atoms with Crippen molar-refractivity contribution in [2.24, 2.45) is 0 Å². The summed E-state index contributed by atoms with van der Waals surface area (Å²) in [6.45, 7) is 4.18. The topological polar surface area (TPSA) is 76.4 Å². The van der Waals surface area contributed by atoms with Gasteiger partial charge in [-0.3, -0.25) is 4.79 Å². The van der Waals surface area contributed by atoms with Crippen LogP contribution in [0.15, 0.2) is 0 Å². The second-order valence-electron chi connectivity index (χ2n) is 4.91. The predicted molar refractivity (Wildman–Crippen MR) is 79.1 cm³/mol. The summed E-state index contributed by atoms with van der Waals surface area (Å²) in [4.78, 5) is 12.6. The summed E-state index contributed by atoms with van der Waals surface area (Å²) in [5, 5.41) is 7.11. The van der Waals surface area contributed by atoms with Crippen molar-refractivity contribution < 1.29 is 9.53 Å². The van der Waals surface area contributed by atoms with Gasteiger partial charge in [-0.25, -0.2) is 0 Å². The SMILES string of the molecule is CCC(C)Nc1sc(C(=O)NC2CC2)c(N)c1OC. The van der Waals surface area contributed by atoms with E-state index in [9.17, 15) is 4.79 Å². The number of nitrogens with two attached hydrogens (primary N) is 1. The van der Waals surface area contributed by atoms with Gasteiger partial charge in [-0.15, -0.1) is 11.3 Å². The average molecular weight is 283 g/mol. The molecule has 1 aliphatic carbocycles. The highest BCUT2D eigenvalue weighted by Crippen LogP contribution is 2.43. The highest BCUT2D eigenvalue weighted by atomic mass is 32.1. The maximum absolute atomic E-state index is 12.1. The van der Waals surface area contributed by atoms with E-state index in [-0.39, 0.29) is 5.91 Å². The van der Waals surface area contributed by atoms with Crippen LogP contribution in [0.1, 0.15) is 42.8 Å². The van der Waals surface area contributed by atoms with Crippen molar-refractivity contribution in [1.29, 1.82) is 0 Å². The first-order valence-electron chi connectivity index (χ1n) is 6.60. The summed E-state index contributed by atoms with van der Waals surface area (Å²) in [6, 6.07) is 0.636. The van der Waals surface area contributed by atoms with Crippen molar-refractivity contribution in [3.63, 3.8) is 0 Å². The van der Waals surface area contributed by atoms with Crippen LogP contribution in [0.4, 0.5) is 10.7 Å². The summed E-state index contributed by atoms with van der Waals surface area (Å²) < 4.78 is 5.32. The molecule has 1 fully saturated rings. The highest BCUT2D eigenvalue weighted by molar-refractivity contribution is 7.19. The van der Waals surface area contributed by atoms with Gasteiger partial charge in [-0.1, -0.05) is 6.92 Å². The smallest absolute Gasteiger partial charge is 0.263 e. The number of hydrogen-bond acceptors (Lipinski definition) is 5. The number of nitrogens with one attached hydrogen (secondary N) is 2. The van der Waals surface area contributed by atoms with Gasteiger partial charge in [0.25, 0.3) is 5.91 Å². The third kappa shape index (κ3) is 3.12. The van der Waals surface area contributed by atoms with E-state index in [2.05, 4.69) is 24.5 Å². The van der Waals surface area contributed by atoms with Crippen molar-refractivity contribution in [2.45, 2.75) is 45.2 Å². The van der Waals surface area contributed by atoms with E-state index in [0.717, 1.165) is 24.3 Å². The molecule has 2 rings (SSSR count). The van der Waals surface area contributed by atoms with E-state index in [1.807, 2.05) is 0 Å². The minimum atomic E-state index is -0.0968. The van der Waals surface area contributed by atoms with Crippen LogP contribution in [-0.4, -0.2) is 25.1 Å². The van der Waals surface area contributed by atoms with Gasteiger partial charge >= 0.3 is 0 Å². The number of methoxy groups -OCH3 is 1. The van der Waals surface area contributed by atoms with Crippen LogP contribution in [-0.2, 0) is 0 Å². The van der Waals surface area contributed by atoms with Gasteiger partial charge in [-0.05, 0) is 26.2 Å². The third-order valence-corrected chi connectivity index (χ3v) is 4.33. The van der Waals surface area contributed by atoms with Crippen molar-refractivity contribution >= 4 is 27.9 Å². The second-order valence-corrected chi connectivity index (χ2v) is 5.93. The number of amides is 1. The summed E-state index contributed by atoms with van der Waals surface area (Å²) in [5.74, 6) is 0.478. The van der Waals surface area contributed by atoms with E-state index >= 15 is 0 Å². The van der Waals surface area contributed by atoms with Gasteiger partial charge < -0.3 is 21.1 Å². The number of carbonyl (C=O) groups is 1. The first-order chi connectivity index (χ1) is 9.06. The molecule has 1 heterocycles. The molecule has 106 valence electrons. The first-order valence-corrected chi connectivity index (χ1v) is 7.42. The molecule has 1 unspecified atom stereocenters. The number of thiophene rings is 1. The van der Waals surface area contributed by atoms with Crippen LogP contribution in [0.3, 0.4) is 0 Å². The lowest BCUT2D eigenvalue weighted by atomic mass is 10.2. The molecule has 4 N–H and O–H groups in total. The van der Waals surface area contributed by atoms with Crippen molar-refractivity contribution in [3.8, 4) is 5.75 Å². The lowest BCUT2D eigenvalue weighted by Gasteiger charge is -2.12. The van der Waals surface area contributed by atoms with Crippen LogP contribution in [0.5, 0.6) is 5.75 Å². The normalized spacial score (nSPS) is 15.9. The zero-order valence-electron chi connectivity index (χ0n) is 11.6. The molecule has 1 aromatic heterocycles. The maximum atomic E-state index is 12.1. The van der Waals surface area contributed by atoms with Gasteiger partial charge in [0.1, 0.15) is 15.6 Å². The molecule has 1 amide bonds. The zero-order valence-corrected chi connectivity index (χ0v) is 12.4. The molecule has 19 heavy (non-hydrogen) atoms. The van der Waals surface area contributed by atoms with Crippen LogP contribution >= 0.6 is 11.3 Å². The molecule has 0 saturated heterocycles. The van der Waals surface area contributed by atoms with Crippen molar-refractivity contribution in [3.05, 3.63) is 4.88 Å². The van der Waals surface area contributed by atoms with E-state index < -0.39 is 0 Å². The Labute approximate surface area is 117 Å². The fourth-order valence-electron chi connectivity index (χ4n) is 1.70. The van der Waals surface area contributed by atoms with Crippen LogP contribution in [0, 0.1) is 0 Å². The zero-order chi connectivity index (χ0) is 14.0. The Morgan fingerprint density at radius 1 is 1.58 bits per heavy atom. The summed E-state index contributed by atoms with van der Waals surface area (Å²) in [6.07, 6.45) is 3.11. The molecule has 0 radical (unpaired) electrons. The molecule has 1 aromatic rings. The Morgan fingerprint density at radius 2 is 2.26 bits per heavy atom. The third-order valence-electron chi connectivity index (χ3n) is 3.21. The Balaban J connectivity index is 2.21. The number of anilines is 2. The van der Waals surface area contributed by atoms with E-state index in [1.54, 1.807) is 7.11 Å². The summed E-state index contributed by atoms with van der Waals surface area (Å²) in [7, 11) is 1.57. The molecule has 1 saturated carbocycles. The summed E-state index contributed by atoms with van der Waals surface area (Å²) >= 11 is 1.36. The number of rotatable bonds is 6.